The van der Waals surface area contributed by atoms with Crippen molar-refractivity contribution in [3.8, 4) is 0 Å². The molecule has 3 N–H and O–H groups in total. The standard InChI is InChI=1S/C16H35N3.C10H9N.C2H6/c1-3-5-6-7-8-11-18-16-9-12-19(13-10-17)14-15(16)4-2;1-8-4-5-10-9(7-8)3-2-6-11-10;1-2/h15-16,18H,3-14,17H2,1-2H3;2-7H,1H3;1-2H3. The summed E-state index contributed by atoms with van der Waals surface area (Å²) in [5.41, 5.74) is 8.01. The molecule has 1 fully saturated rings. The minimum Gasteiger partial charge on any atom is -0.329 e. The van der Waals surface area contributed by atoms with Gasteiger partial charge in [-0.15, -0.1) is 0 Å². The van der Waals surface area contributed by atoms with Gasteiger partial charge in [0.05, 0.1) is 5.52 Å². The van der Waals surface area contributed by atoms with Crippen molar-refractivity contribution in [2.45, 2.75) is 85.6 Å². The number of nitrogens with two attached hydrogens (primary N) is 1. The molecule has 1 aromatic carbocycles. The Labute approximate surface area is 198 Å². The third-order valence-corrected chi connectivity index (χ3v) is 6.23. The SMILES string of the molecule is CC.CCCCCCCNC1CCN(CCN)CC1CC.Cc1ccc2ncccc2c1. The van der Waals surface area contributed by atoms with Gasteiger partial charge in [0.1, 0.15) is 0 Å². The zero-order valence-corrected chi connectivity index (χ0v) is 21.6. The maximum atomic E-state index is 5.66. The predicted octanol–water partition coefficient (Wildman–Crippen LogP) is 6.18. The summed E-state index contributed by atoms with van der Waals surface area (Å²) in [6.07, 6.45) is 11.3. The third kappa shape index (κ3) is 10.9. The number of aryl methyl sites for hydroxylation is 1. The molecule has 2 aromatic rings. The van der Waals surface area contributed by atoms with Crippen molar-refractivity contribution in [1.82, 2.24) is 15.2 Å². The number of benzene rings is 1. The molecular formula is C28H50N4. The fourth-order valence-corrected chi connectivity index (χ4v) is 4.39. The van der Waals surface area contributed by atoms with Crippen LogP contribution in [0.2, 0.25) is 0 Å². The van der Waals surface area contributed by atoms with E-state index < -0.39 is 0 Å². The first-order valence-corrected chi connectivity index (χ1v) is 13.1. The van der Waals surface area contributed by atoms with Gasteiger partial charge in [-0.1, -0.05) is 77.5 Å². The van der Waals surface area contributed by atoms with Crippen molar-refractivity contribution in [1.29, 1.82) is 0 Å². The minimum absolute atomic E-state index is 0.741. The number of aromatic nitrogens is 1. The Hall–Kier alpha value is -1.49. The zero-order valence-electron chi connectivity index (χ0n) is 21.6. The molecule has 1 aliphatic rings. The summed E-state index contributed by atoms with van der Waals surface area (Å²) in [7, 11) is 0. The minimum atomic E-state index is 0.741. The highest BCUT2D eigenvalue weighted by atomic mass is 15.2. The Morgan fingerprint density at radius 2 is 1.88 bits per heavy atom. The zero-order chi connectivity index (χ0) is 23.6. The molecule has 4 heteroatoms. The molecular weight excluding hydrogens is 392 g/mol. The molecule has 3 rings (SSSR count). The van der Waals surface area contributed by atoms with Gasteiger partial charge >= 0.3 is 0 Å². The molecule has 32 heavy (non-hydrogen) atoms. The quantitative estimate of drug-likeness (QED) is 0.432. The lowest BCUT2D eigenvalue weighted by atomic mass is 9.89. The summed E-state index contributed by atoms with van der Waals surface area (Å²) < 4.78 is 0. The predicted molar refractivity (Wildman–Crippen MR) is 142 cm³/mol. The number of hydrogen-bond acceptors (Lipinski definition) is 4. The molecule has 1 aromatic heterocycles. The fraction of sp³-hybridized carbons (Fsp3) is 0.679. The number of nitrogens with zero attached hydrogens (tertiary/aromatic N) is 2. The molecule has 0 aliphatic carbocycles. The average Bonchev–Trinajstić information content (AvgIpc) is 2.83. The highest BCUT2D eigenvalue weighted by molar-refractivity contribution is 5.78. The number of unbranched alkanes of at least 4 members (excludes halogenated alkanes) is 4. The van der Waals surface area contributed by atoms with Gasteiger partial charge in [-0.2, -0.15) is 0 Å². The second-order valence-electron chi connectivity index (χ2n) is 8.72. The lowest BCUT2D eigenvalue weighted by molar-refractivity contribution is 0.137. The van der Waals surface area contributed by atoms with E-state index in [0.29, 0.717) is 0 Å². The molecule has 1 saturated heterocycles. The second kappa shape index (κ2) is 18.0. The number of pyridine rings is 1. The fourth-order valence-electron chi connectivity index (χ4n) is 4.39. The molecule has 2 unspecified atom stereocenters. The van der Waals surface area contributed by atoms with Crippen molar-refractivity contribution < 1.29 is 0 Å². The number of likely N-dealkylation sites (tertiary alicyclic amines) is 1. The first-order valence-electron chi connectivity index (χ1n) is 13.1. The summed E-state index contributed by atoms with van der Waals surface area (Å²) in [6, 6.07) is 11.0. The number of hydrogen-bond donors (Lipinski definition) is 2. The summed E-state index contributed by atoms with van der Waals surface area (Å²) >= 11 is 0. The van der Waals surface area contributed by atoms with Crippen molar-refractivity contribution in [2.24, 2.45) is 11.7 Å². The molecule has 182 valence electrons. The van der Waals surface area contributed by atoms with Crippen LogP contribution < -0.4 is 11.1 Å². The van der Waals surface area contributed by atoms with E-state index in [1.807, 2.05) is 32.2 Å². The van der Waals surface area contributed by atoms with Crippen LogP contribution >= 0.6 is 0 Å². The van der Waals surface area contributed by atoms with Gasteiger partial charge in [0, 0.05) is 37.3 Å². The van der Waals surface area contributed by atoms with Gasteiger partial charge in [-0.25, -0.2) is 0 Å². The van der Waals surface area contributed by atoms with Gasteiger partial charge in [0.15, 0.2) is 0 Å². The smallest absolute Gasteiger partial charge is 0.0702 e. The number of piperidine rings is 1. The molecule has 0 radical (unpaired) electrons. The third-order valence-electron chi connectivity index (χ3n) is 6.23. The van der Waals surface area contributed by atoms with Gasteiger partial charge in [0.25, 0.3) is 0 Å². The Kier molecular flexibility index (Phi) is 16.1. The second-order valence-corrected chi connectivity index (χ2v) is 8.72. The van der Waals surface area contributed by atoms with E-state index in [1.165, 1.54) is 75.5 Å². The van der Waals surface area contributed by atoms with Gasteiger partial charge in [0.2, 0.25) is 0 Å². The van der Waals surface area contributed by atoms with Crippen molar-refractivity contribution >= 4 is 10.9 Å². The first-order chi connectivity index (χ1) is 15.7. The van der Waals surface area contributed by atoms with Crippen LogP contribution in [0.25, 0.3) is 10.9 Å². The van der Waals surface area contributed by atoms with Gasteiger partial charge in [-0.3, -0.25) is 4.98 Å². The highest BCUT2D eigenvalue weighted by Crippen LogP contribution is 2.20. The van der Waals surface area contributed by atoms with Gasteiger partial charge in [-0.05, 0) is 57.0 Å². The lowest BCUT2D eigenvalue weighted by Crippen LogP contribution is -2.50. The van der Waals surface area contributed by atoms with Crippen molar-refractivity contribution in [3.63, 3.8) is 0 Å². The van der Waals surface area contributed by atoms with Crippen LogP contribution in [0, 0.1) is 12.8 Å². The van der Waals surface area contributed by atoms with E-state index in [9.17, 15) is 0 Å². The van der Waals surface area contributed by atoms with Crippen molar-refractivity contribution in [2.75, 3.05) is 32.7 Å². The van der Waals surface area contributed by atoms with E-state index >= 15 is 0 Å². The Morgan fingerprint density at radius 1 is 1.09 bits per heavy atom. The van der Waals surface area contributed by atoms with Crippen molar-refractivity contribution in [3.05, 3.63) is 42.1 Å². The monoisotopic (exact) mass is 442 g/mol. The maximum absolute atomic E-state index is 5.66. The molecule has 0 spiro atoms. The maximum Gasteiger partial charge on any atom is 0.0702 e. The molecule has 4 nitrogen and oxygen atoms in total. The summed E-state index contributed by atoms with van der Waals surface area (Å²) in [5, 5.41) is 5.02. The first kappa shape index (κ1) is 28.5. The van der Waals surface area contributed by atoms with Crippen LogP contribution in [-0.2, 0) is 0 Å². The molecule has 0 bridgehead atoms. The van der Waals surface area contributed by atoms with Crippen LogP contribution in [0.1, 0.15) is 78.2 Å². The summed E-state index contributed by atoms with van der Waals surface area (Å²) in [6.45, 7) is 16.2. The largest absolute Gasteiger partial charge is 0.329 e. The molecule has 0 amide bonds. The van der Waals surface area contributed by atoms with E-state index in [0.717, 1.165) is 30.6 Å². The molecule has 0 saturated carbocycles. The molecule has 2 atom stereocenters. The Balaban J connectivity index is 0.000000331. The van der Waals surface area contributed by atoms with Crippen LogP contribution in [0.4, 0.5) is 0 Å². The summed E-state index contributed by atoms with van der Waals surface area (Å²) in [5.74, 6) is 0.816. The van der Waals surface area contributed by atoms with E-state index in [4.69, 9.17) is 5.73 Å². The number of nitrogens with one attached hydrogen (secondary N) is 1. The normalized spacial score (nSPS) is 18.4. The Morgan fingerprint density at radius 3 is 2.59 bits per heavy atom. The topological polar surface area (TPSA) is 54.2 Å². The van der Waals surface area contributed by atoms with Crippen LogP contribution in [0.3, 0.4) is 0 Å². The van der Waals surface area contributed by atoms with Crippen LogP contribution in [0.5, 0.6) is 0 Å². The number of rotatable bonds is 10. The van der Waals surface area contributed by atoms with Crippen LogP contribution in [0.15, 0.2) is 36.5 Å². The van der Waals surface area contributed by atoms with Crippen LogP contribution in [-0.4, -0.2) is 48.6 Å². The lowest BCUT2D eigenvalue weighted by Gasteiger charge is -2.38. The average molecular weight is 443 g/mol. The van der Waals surface area contributed by atoms with E-state index in [-0.39, 0.29) is 0 Å². The molecule has 1 aliphatic heterocycles. The van der Waals surface area contributed by atoms with Gasteiger partial charge < -0.3 is 16.0 Å². The van der Waals surface area contributed by atoms with E-state index in [1.54, 1.807) is 0 Å². The summed E-state index contributed by atoms with van der Waals surface area (Å²) in [4.78, 5) is 6.76. The van der Waals surface area contributed by atoms with E-state index in [2.05, 4.69) is 54.2 Å². The highest BCUT2D eigenvalue weighted by Gasteiger charge is 2.26. The molecule has 2 heterocycles. The Bertz CT molecular complexity index is 703. The number of fused-ring (bicyclic) bond motifs is 1.